The number of imidazole rings is 1. The SMILES string of the molecule is COc1ccc(-n2c(-c3cn(-c4ccccc4)nc3-c3cc4ccccc4oc3=O)nc(-c3ccccc3)c2-c2ccccc2)cc1. The number of ether oxygens (including phenoxy) is 1. The number of hydrogen-bond donors (Lipinski definition) is 0. The van der Waals surface area contributed by atoms with E-state index < -0.39 is 5.63 Å². The predicted molar refractivity (Wildman–Crippen MR) is 185 cm³/mol. The van der Waals surface area contributed by atoms with E-state index in [2.05, 4.69) is 28.8 Å². The lowest BCUT2D eigenvalue weighted by molar-refractivity contribution is 0.415. The first-order valence-corrected chi connectivity index (χ1v) is 15.2. The minimum absolute atomic E-state index is 0.347. The van der Waals surface area contributed by atoms with Gasteiger partial charge < -0.3 is 9.15 Å². The van der Waals surface area contributed by atoms with Gasteiger partial charge in [0.05, 0.1) is 35.3 Å². The molecule has 8 rings (SSSR count). The van der Waals surface area contributed by atoms with Gasteiger partial charge in [-0.2, -0.15) is 5.10 Å². The molecule has 0 aliphatic rings. The largest absolute Gasteiger partial charge is 0.497 e. The Labute approximate surface area is 270 Å². The smallest absolute Gasteiger partial charge is 0.345 e. The molecule has 5 aromatic carbocycles. The second-order valence-corrected chi connectivity index (χ2v) is 11.1. The van der Waals surface area contributed by atoms with Crippen molar-refractivity contribution >= 4 is 11.0 Å². The number of rotatable bonds is 7. The summed E-state index contributed by atoms with van der Waals surface area (Å²) >= 11 is 0. The van der Waals surface area contributed by atoms with Gasteiger partial charge in [0.25, 0.3) is 0 Å². The lowest BCUT2D eigenvalue weighted by Crippen LogP contribution is -2.05. The molecule has 0 spiro atoms. The Hall–Kier alpha value is -6.47. The van der Waals surface area contributed by atoms with E-state index in [4.69, 9.17) is 19.2 Å². The normalized spacial score (nSPS) is 11.2. The van der Waals surface area contributed by atoms with Crippen molar-refractivity contribution in [1.29, 1.82) is 0 Å². The minimum Gasteiger partial charge on any atom is -0.497 e. The fraction of sp³-hybridized carbons (Fsp3) is 0.0250. The topological polar surface area (TPSA) is 75.1 Å². The van der Waals surface area contributed by atoms with E-state index in [1.807, 2.05) is 121 Å². The monoisotopic (exact) mass is 612 g/mol. The Bertz CT molecular complexity index is 2390. The first-order valence-electron chi connectivity index (χ1n) is 15.2. The van der Waals surface area contributed by atoms with Gasteiger partial charge in [0.15, 0.2) is 0 Å². The molecule has 226 valence electrons. The van der Waals surface area contributed by atoms with Crippen LogP contribution in [0.4, 0.5) is 0 Å². The highest BCUT2D eigenvalue weighted by Gasteiger charge is 2.27. The summed E-state index contributed by atoms with van der Waals surface area (Å²) in [4.78, 5) is 19.0. The molecule has 0 bridgehead atoms. The van der Waals surface area contributed by atoms with Gasteiger partial charge in [-0.15, -0.1) is 0 Å². The molecule has 0 radical (unpaired) electrons. The lowest BCUT2D eigenvalue weighted by atomic mass is 10.0. The average molecular weight is 613 g/mol. The molecule has 0 unspecified atom stereocenters. The number of hydrogen-bond acceptors (Lipinski definition) is 5. The van der Waals surface area contributed by atoms with Crippen LogP contribution in [0.3, 0.4) is 0 Å². The zero-order valence-electron chi connectivity index (χ0n) is 25.4. The summed E-state index contributed by atoms with van der Waals surface area (Å²) in [6.07, 6.45) is 1.94. The van der Waals surface area contributed by atoms with E-state index in [-0.39, 0.29) is 0 Å². The van der Waals surface area contributed by atoms with Crippen molar-refractivity contribution in [3.8, 4) is 62.3 Å². The third kappa shape index (κ3) is 5.10. The van der Waals surface area contributed by atoms with Crippen LogP contribution in [-0.2, 0) is 0 Å². The van der Waals surface area contributed by atoms with Gasteiger partial charge in [-0.05, 0) is 48.5 Å². The molecule has 0 atom stereocenters. The summed E-state index contributed by atoms with van der Waals surface area (Å²) in [5, 5.41) is 5.83. The number of aromatic nitrogens is 4. The Kier molecular flexibility index (Phi) is 7.04. The second-order valence-electron chi connectivity index (χ2n) is 11.1. The number of para-hydroxylation sites is 2. The van der Waals surface area contributed by atoms with E-state index in [1.165, 1.54) is 0 Å². The number of methoxy groups -OCH3 is 1. The van der Waals surface area contributed by atoms with Crippen LogP contribution >= 0.6 is 0 Å². The molecule has 0 saturated heterocycles. The predicted octanol–water partition coefficient (Wildman–Crippen LogP) is 8.84. The van der Waals surface area contributed by atoms with E-state index >= 15 is 0 Å². The van der Waals surface area contributed by atoms with Crippen LogP contribution in [-0.4, -0.2) is 26.4 Å². The summed E-state index contributed by atoms with van der Waals surface area (Å²) in [6.45, 7) is 0. The van der Waals surface area contributed by atoms with E-state index in [9.17, 15) is 4.79 Å². The second kappa shape index (κ2) is 11.8. The Balaban J connectivity index is 1.48. The standard InChI is InChI=1S/C40H28N4O3/c1-46-32-23-21-31(22-24-32)44-38(28-15-7-3-8-16-28)36(27-13-5-2-6-14-27)41-39(44)34-26-43(30-18-9-4-10-19-30)42-37(34)33-25-29-17-11-12-20-35(29)47-40(33)45/h2-26H,1H3. The van der Waals surface area contributed by atoms with Gasteiger partial charge in [-0.3, -0.25) is 4.57 Å². The van der Waals surface area contributed by atoms with E-state index in [0.29, 0.717) is 28.2 Å². The van der Waals surface area contributed by atoms with Crippen LogP contribution in [0.15, 0.2) is 161 Å². The molecular weight excluding hydrogens is 584 g/mol. The third-order valence-electron chi connectivity index (χ3n) is 8.17. The molecule has 7 nitrogen and oxygen atoms in total. The number of benzene rings is 5. The van der Waals surface area contributed by atoms with Gasteiger partial charge in [0, 0.05) is 28.4 Å². The summed E-state index contributed by atoms with van der Waals surface area (Å²) < 4.78 is 15.2. The Morgan fingerprint density at radius 3 is 1.98 bits per heavy atom. The summed E-state index contributed by atoms with van der Waals surface area (Å²) in [5.41, 5.74) is 6.90. The van der Waals surface area contributed by atoms with Crippen LogP contribution in [0.25, 0.3) is 67.5 Å². The maximum atomic E-state index is 13.6. The number of fused-ring (bicyclic) bond motifs is 1. The molecule has 3 aromatic heterocycles. The van der Waals surface area contributed by atoms with Crippen molar-refractivity contribution in [2.24, 2.45) is 0 Å². The van der Waals surface area contributed by atoms with Gasteiger partial charge in [-0.25, -0.2) is 14.5 Å². The maximum absolute atomic E-state index is 13.6. The highest BCUT2D eigenvalue weighted by Crippen LogP contribution is 2.41. The molecule has 0 aliphatic heterocycles. The van der Waals surface area contributed by atoms with Crippen LogP contribution in [0.2, 0.25) is 0 Å². The summed E-state index contributed by atoms with van der Waals surface area (Å²) in [6, 6.07) is 47.4. The molecular formula is C40H28N4O3. The third-order valence-corrected chi connectivity index (χ3v) is 8.17. The summed E-state index contributed by atoms with van der Waals surface area (Å²) in [5.74, 6) is 1.36. The van der Waals surface area contributed by atoms with Crippen molar-refractivity contribution in [1.82, 2.24) is 19.3 Å². The minimum atomic E-state index is -0.475. The van der Waals surface area contributed by atoms with Gasteiger partial charge in [0.1, 0.15) is 22.9 Å². The molecule has 0 saturated carbocycles. The highest BCUT2D eigenvalue weighted by atomic mass is 16.5. The molecule has 0 aliphatic carbocycles. The van der Waals surface area contributed by atoms with E-state index in [1.54, 1.807) is 17.9 Å². The van der Waals surface area contributed by atoms with Gasteiger partial charge in [-0.1, -0.05) is 97.1 Å². The fourth-order valence-electron chi connectivity index (χ4n) is 5.92. The Morgan fingerprint density at radius 1 is 0.638 bits per heavy atom. The first-order chi connectivity index (χ1) is 23.2. The van der Waals surface area contributed by atoms with Crippen LogP contribution < -0.4 is 10.4 Å². The van der Waals surface area contributed by atoms with Crippen molar-refractivity contribution in [2.75, 3.05) is 7.11 Å². The van der Waals surface area contributed by atoms with Gasteiger partial charge in [0.2, 0.25) is 0 Å². The van der Waals surface area contributed by atoms with Crippen LogP contribution in [0.5, 0.6) is 5.75 Å². The number of nitrogens with zero attached hydrogens (tertiary/aromatic N) is 4. The molecule has 8 aromatic rings. The molecule has 0 amide bonds. The van der Waals surface area contributed by atoms with Crippen molar-refractivity contribution < 1.29 is 9.15 Å². The summed E-state index contributed by atoms with van der Waals surface area (Å²) in [7, 11) is 1.65. The van der Waals surface area contributed by atoms with E-state index in [0.717, 1.165) is 45.0 Å². The lowest BCUT2D eigenvalue weighted by Gasteiger charge is -2.14. The molecule has 0 N–H and O–H groups in total. The van der Waals surface area contributed by atoms with Crippen LogP contribution in [0.1, 0.15) is 0 Å². The van der Waals surface area contributed by atoms with Crippen LogP contribution in [0, 0.1) is 0 Å². The zero-order chi connectivity index (χ0) is 31.7. The average Bonchev–Trinajstić information content (AvgIpc) is 3.75. The zero-order valence-corrected chi connectivity index (χ0v) is 25.4. The van der Waals surface area contributed by atoms with Crippen molar-refractivity contribution in [2.45, 2.75) is 0 Å². The fourth-order valence-corrected chi connectivity index (χ4v) is 5.92. The Morgan fingerprint density at radius 2 is 1.28 bits per heavy atom. The van der Waals surface area contributed by atoms with Gasteiger partial charge >= 0.3 is 5.63 Å². The first kappa shape index (κ1) is 28.0. The molecule has 47 heavy (non-hydrogen) atoms. The molecule has 7 heteroatoms. The van der Waals surface area contributed by atoms with Crippen molar-refractivity contribution in [3.05, 3.63) is 162 Å². The van der Waals surface area contributed by atoms with Crippen molar-refractivity contribution in [3.63, 3.8) is 0 Å². The molecule has 3 heterocycles. The maximum Gasteiger partial charge on any atom is 0.345 e. The highest BCUT2D eigenvalue weighted by molar-refractivity contribution is 5.89. The molecule has 0 fully saturated rings. The quantitative estimate of drug-likeness (QED) is 0.168.